The van der Waals surface area contributed by atoms with Crippen LogP contribution in [0, 0.1) is 6.92 Å². The number of hydrogen-bond acceptors (Lipinski definition) is 3. The molecule has 0 saturated heterocycles. The molecular weight excluding hydrogens is 359 g/mol. The molecule has 2 amide bonds. The molecule has 1 N–H and O–H groups in total. The van der Waals surface area contributed by atoms with Crippen molar-refractivity contribution in [1.29, 1.82) is 0 Å². The Bertz CT molecular complexity index is 889. The molecule has 2 aromatic carbocycles. The van der Waals surface area contributed by atoms with Gasteiger partial charge in [-0.05, 0) is 48.7 Å². The van der Waals surface area contributed by atoms with E-state index in [1.165, 1.54) is 0 Å². The molecule has 0 unspecified atom stereocenters. The van der Waals surface area contributed by atoms with Crippen molar-refractivity contribution < 1.29 is 9.59 Å². The number of nitrogens with one attached hydrogen (secondary N) is 1. The molecule has 6 heteroatoms. The predicted molar refractivity (Wildman–Crippen MR) is 101 cm³/mol. The zero-order chi connectivity index (χ0) is 18.1. The Labute approximate surface area is 156 Å². The van der Waals surface area contributed by atoms with Gasteiger partial charge in [0, 0.05) is 10.7 Å². The second-order valence-electron chi connectivity index (χ2n) is 5.74. The fourth-order valence-corrected chi connectivity index (χ4v) is 2.97. The van der Waals surface area contributed by atoms with Crippen LogP contribution in [0.4, 0.5) is 11.4 Å². The van der Waals surface area contributed by atoms with Gasteiger partial charge in [0.2, 0.25) is 0 Å². The first kappa shape index (κ1) is 17.5. The maximum atomic E-state index is 12.7. The zero-order valence-corrected chi connectivity index (χ0v) is 15.3. The third kappa shape index (κ3) is 3.28. The lowest BCUT2D eigenvalue weighted by atomic mass is 10.1. The monoisotopic (exact) mass is 374 g/mol. The first-order valence-corrected chi connectivity index (χ1v) is 8.58. The normalized spacial score (nSPS) is 14.5. The lowest BCUT2D eigenvalue weighted by Gasteiger charge is -2.16. The van der Waals surface area contributed by atoms with Crippen LogP contribution in [0.1, 0.15) is 18.1 Å². The number of aryl methyl sites for hydroxylation is 2. The van der Waals surface area contributed by atoms with Crippen molar-refractivity contribution >= 4 is 46.4 Å². The second-order valence-corrected chi connectivity index (χ2v) is 6.55. The minimum Gasteiger partial charge on any atom is -0.349 e. The predicted octanol–water partition coefficient (Wildman–Crippen LogP) is 4.65. The van der Waals surface area contributed by atoms with Gasteiger partial charge in [-0.3, -0.25) is 9.59 Å². The topological polar surface area (TPSA) is 49.4 Å². The lowest BCUT2D eigenvalue weighted by Crippen LogP contribution is -2.32. The first-order valence-electron chi connectivity index (χ1n) is 7.83. The highest BCUT2D eigenvalue weighted by Gasteiger charge is 2.39. The van der Waals surface area contributed by atoms with Crippen molar-refractivity contribution in [3.05, 3.63) is 69.3 Å². The number of amides is 2. The van der Waals surface area contributed by atoms with Crippen LogP contribution < -0.4 is 10.2 Å². The number of carbonyl (C=O) groups excluding carboxylic acids is 2. The van der Waals surface area contributed by atoms with Gasteiger partial charge in [-0.15, -0.1) is 0 Å². The van der Waals surface area contributed by atoms with E-state index in [0.717, 1.165) is 22.4 Å². The van der Waals surface area contributed by atoms with E-state index in [1.807, 2.05) is 32.0 Å². The van der Waals surface area contributed by atoms with Gasteiger partial charge in [0.05, 0.1) is 5.69 Å². The van der Waals surface area contributed by atoms with Crippen molar-refractivity contribution in [1.82, 2.24) is 0 Å². The molecule has 1 aliphatic heterocycles. The fourth-order valence-electron chi connectivity index (χ4n) is 2.59. The van der Waals surface area contributed by atoms with E-state index >= 15 is 0 Å². The number of anilines is 2. The van der Waals surface area contributed by atoms with Gasteiger partial charge in [0.25, 0.3) is 11.8 Å². The number of nitrogens with zero attached hydrogens (tertiary/aromatic N) is 1. The first-order chi connectivity index (χ1) is 11.9. The van der Waals surface area contributed by atoms with E-state index in [2.05, 4.69) is 5.32 Å². The van der Waals surface area contributed by atoms with E-state index in [-0.39, 0.29) is 10.7 Å². The molecule has 0 atom stereocenters. The Morgan fingerprint density at radius 3 is 2.32 bits per heavy atom. The van der Waals surface area contributed by atoms with Gasteiger partial charge in [0.1, 0.15) is 10.7 Å². The largest absolute Gasteiger partial charge is 0.349 e. The summed E-state index contributed by atoms with van der Waals surface area (Å²) in [4.78, 5) is 26.3. The Morgan fingerprint density at radius 2 is 1.68 bits per heavy atom. The number of rotatable bonds is 4. The van der Waals surface area contributed by atoms with Gasteiger partial charge in [-0.1, -0.05) is 48.3 Å². The smallest absolute Gasteiger partial charge is 0.283 e. The van der Waals surface area contributed by atoms with E-state index in [4.69, 9.17) is 23.2 Å². The van der Waals surface area contributed by atoms with Crippen LogP contribution >= 0.6 is 23.2 Å². The van der Waals surface area contributed by atoms with Crippen LogP contribution in [-0.4, -0.2) is 11.8 Å². The number of carbonyl (C=O) groups is 2. The van der Waals surface area contributed by atoms with Crippen molar-refractivity contribution in [2.45, 2.75) is 20.3 Å². The molecule has 128 valence electrons. The SMILES string of the molecule is CCc1ccc(N2C(=O)C(Cl)=C(Nc3cc(Cl)ccc3C)C2=O)cc1. The highest BCUT2D eigenvalue weighted by Crippen LogP contribution is 2.31. The second kappa shape index (κ2) is 6.90. The molecule has 1 heterocycles. The Balaban J connectivity index is 1.92. The Kier molecular flexibility index (Phi) is 4.84. The zero-order valence-electron chi connectivity index (χ0n) is 13.8. The molecule has 0 fully saturated rings. The van der Waals surface area contributed by atoms with Crippen LogP contribution in [0.3, 0.4) is 0 Å². The van der Waals surface area contributed by atoms with Gasteiger partial charge in [0.15, 0.2) is 0 Å². The van der Waals surface area contributed by atoms with E-state index in [0.29, 0.717) is 16.4 Å². The van der Waals surface area contributed by atoms with Crippen LogP contribution in [0.25, 0.3) is 0 Å². The minimum atomic E-state index is -0.543. The molecule has 3 rings (SSSR count). The summed E-state index contributed by atoms with van der Waals surface area (Å²) in [5, 5.41) is 3.34. The number of imide groups is 1. The van der Waals surface area contributed by atoms with Crippen molar-refractivity contribution in [3.63, 3.8) is 0 Å². The van der Waals surface area contributed by atoms with E-state index in [1.54, 1.807) is 24.3 Å². The third-order valence-electron chi connectivity index (χ3n) is 4.09. The Hall–Kier alpha value is -2.30. The number of halogens is 2. The van der Waals surface area contributed by atoms with E-state index < -0.39 is 11.8 Å². The summed E-state index contributed by atoms with van der Waals surface area (Å²) in [5.41, 5.74) is 3.17. The van der Waals surface area contributed by atoms with Crippen molar-refractivity contribution in [2.75, 3.05) is 10.2 Å². The maximum Gasteiger partial charge on any atom is 0.283 e. The molecule has 2 aromatic rings. The quantitative estimate of drug-likeness (QED) is 0.792. The number of benzene rings is 2. The average Bonchev–Trinajstić information content (AvgIpc) is 2.82. The maximum absolute atomic E-state index is 12.7. The summed E-state index contributed by atoms with van der Waals surface area (Å²) in [6.07, 6.45) is 0.877. The molecule has 1 aliphatic rings. The average molecular weight is 375 g/mol. The van der Waals surface area contributed by atoms with Crippen LogP contribution in [-0.2, 0) is 16.0 Å². The van der Waals surface area contributed by atoms with Gasteiger partial charge >= 0.3 is 0 Å². The summed E-state index contributed by atoms with van der Waals surface area (Å²) in [6.45, 7) is 3.91. The molecule has 0 spiro atoms. The molecule has 0 aromatic heterocycles. The molecule has 25 heavy (non-hydrogen) atoms. The van der Waals surface area contributed by atoms with Crippen molar-refractivity contribution in [2.24, 2.45) is 0 Å². The fraction of sp³-hybridized carbons (Fsp3) is 0.158. The molecule has 0 bridgehead atoms. The summed E-state index contributed by atoms with van der Waals surface area (Å²) in [7, 11) is 0. The van der Waals surface area contributed by atoms with Gasteiger partial charge in [-0.25, -0.2) is 4.90 Å². The third-order valence-corrected chi connectivity index (χ3v) is 4.68. The van der Waals surface area contributed by atoms with Gasteiger partial charge in [-0.2, -0.15) is 0 Å². The molecule has 0 saturated carbocycles. The van der Waals surface area contributed by atoms with Crippen LogP contribution in [0.15, 0.2) is 53.2 Å². The standard InChI is InChI=1S/C19H16Cl2N2O2/c1-3-12-5-8-14(9-6-12)23-18(24)16(21)17(19(23)25)22-15-10-13(20)7-4-11(15)2/h4-10,22H,3H2,1-2H3. The molecule has 4 nitrogen and oxygen atoms in total. The number of hydrogen-bond donors (Lipinski definition) is 1. The minimum absolute atomic E-state index is 0.0524. The lowest BCUT2D eigenvalue weighted by molar-refractivity contribution is -0.120. The molecule has 0 aliphatic carbocycles. The molecular formula is C19H16Cl2N2O2. The van der Waals surface area contributed by atoms with Crippen molar-refractivity contribution in [3.8, 4) is 0 Å². The highest BCUT2D eigenvalue weighted by molar-refractivity contribution is 6.53. The van der Waals surface area contributed by atoms with E-state index in [9.17, 15) is 9.59 Å². The highest BCUT2D eigenvalue weighted by atomic mass is 35.5. The van der Waals surface area contributed by atoms with Crippen LogP contribution in [0.2, 0.25) is 5.02 Å². The van der Waals surface area contributed by atoms with Gasteiger partial charge < -0.3 is 5.32 Å². The van der Waals surface area contributed by atoms with Crippen LogP contribution in [0.5, 0.6) is 0 Å². The summed E-state index contributed by atoms with van der Waals surface area (Å²) >= 11 is 12.1. The molecule has 0 radical (unpaired) electrons. The summed E-state index contributed by atoms with van der Waals surface area (Å²) < 4.78 is 0. The summed E-state index contributed by atoms with van der Waals surface area (Å²) in [6, 6.07) is 12.5. The Morgan fingerprint density at radius 1 is 1.00 bits per heavy atom. The summed E-state index contributed by atoms with van der Waals surface area (Å²) in [5.74, 6) is -1.03.